The lowest BCUT2D eigenvalue weighted by Crippen LogP contribution is -2.48. The maximum Gasteiger partial charge on any atom is 0.222 e. The molecule has 0 unspecified atom stereocenters. The number of hydrogen-bond donors (Lipinski definition) is 0. The number of rotatable bonds is 7. The van der Waals surface area contributed by atoms with Crippen LogP contribution in [0.5, 0.6) is 5.75 Å². The molecule has 2 heterocycles. The molecule has 0 bridgehead atoms. The van der Waals surface area contributed by atoms with Crippen LogP contribution in [0.1, 0.15) is 18.4 Å². The van der Waals surface area contributed by atoms with Gasteiger partial charge >= 0.3 is 0 Å². The van der Waals surface area contributed by atoms with Gasteiger partial charge in [-0.05, 0) is 49.2 Å². The van der Waals surface area contributed by atoms with E-state index in [1.54, 1.807) is 30.6 Å². The van der Waals surface area contributed by atoms with Crippen molar-refractivity contribution in [2.45, 2.75) is 24.7 Å². The lowest BCUT2D eigenvalue weighted by atomic mass is 10.2. The molecule has 1 saturated heterocycles. The predicted octanol–water partition coefficient (Wildman–Crippen LogP) is 4.17. The van der Waals surface area contributed by atoms with Gasteiger partial charge in [-0.15, -0.1) is 0 Å². The zero-order valence-corrected chi connectivity index (χ0v) is 21.0. The van der Waals surface area contributed by atoms with Crippen LogP contribution < -0.4 is 9.64 Å². The number of fused-ring (bicyclic) bond motifs is 1. The van der Waals surface area contributed by atoms with Crippen LogP contribution in [-0.4, -0.2) is 63.3 Å². The van der Waals surface area contributed by atoms with Gasteiger partial charge in [-0.1, -0.05) is 29.0 Å². The molecule has 0 radical (unpaired) electrons. The molecule has 1 aromatic heterocycles. The summed E-state index contributed by atoms with van der Waals surface area (Å²) in [5, 5.41) is 1.42. The zero-order chi connectivity index (χ0) is 23.6. The van der Waals surface area contributed by atoms with Gasteiger partial charge in [-0.2, -0.15) is 0 Å². The number of carbonyl (C=O) groups excluding carboxylic acids is 1. The van der Waals surface area contributed by atoms with Crippen molar-refractivity contribution < 1.29 is 17.9 Å². The quantitative estimate of drug-likeness (QED) is 0.477. The van der Waals surface area contributed by atoms with Gasteiger partial charge in [0, 0.05) is 37.6 Å². The summed E-state index contributed by atoms with van der Waals surface area (Å²) < 4.78 is 31.5. The number of thiazole rings is 1. The highest BCUT2D eigenvalue weighted by atomic mass is 35.5. The summed E-state index contributed by atoms with van der Waals surface area (Å²) in [6.45, 7) is 4.63. The number of ether oxygens (including phenoxy) is 1. The fourth-order valence-corrected chi connectivity index (χ4v) is 6.42. The number of aryl methyl sites for hydroxylation is 1. The number of carbonyl (C=O) groups is 1. The Hall–Kier alpha value is -2.36. The minimum atomic E-state index is -3.43. The number of hydrogen-bond acceptors (Lipinski definition) is 7. The molecule has 3 aromatic rings. The van der Waals surface area contributed by atoms with Gasteiger partial charge in [0.1, 0.15) is 11.3 Å². The SMILES string of the molecule is COc1ccc(C)c2sc(N3CCN(C(=O)CCCS(=O)(=O)c4ccc(Cl)cc4)CC3)nc12. The summed E-state index contributed by atoms with van der Waals surface area (Å²) in [4.78, 5) is 21.7. The Balaban J connectivity index is 1.31. The third kappa shape index (κ3) is 5.26. The molecule has 2 aromatic carbocycles. The van der Waals surface area contributed by atoms with Crippen LogP contribution in [0.3, 0.4) is 0 Å². The molecule has 4 rings (SSSR count). The Labute approximate surface area is 202 Å². The Kier molecular flexibility index (Phi) is 7.11. The molecule has 1 aliphatic rings. The van der Waals surface area contributed by atoms with Gasteiger partial charge in [-0.25, -0.2) is 13.4 Å². The van der Waals surface area contributed by atoms with E-state index in [0.29, 0.717) is 37.6 Å². The Bertz CT molecular complexity index is 1250. The Morgan fingerprint density at radius 2 is 1.82 bits per heavy atom. The van der Waals surface area contributed by atoms with E-state index in [0.717, 1.165) is 26.7 Å². The van der Waals surface area contributed by atoms with Crippen LogP contribution >= 0.6 is 22.9 Å². The van der Waals surface area contributed by atoms with Crippen molar-refractivity contribution in [1.82, 2.24) is 9.88 Å². The van der Waals surface area contributed by atoms with Crippen molar-refractivity contribution in [3.8, 4) is 5.75 Å². The van der Waals surface area contributed by atoms with Crippen molar-refractivity contribution in [2.75, 3.05) is 43.9 Å². The molecule has 1 fully saturated rings. The average molecular weight is 508 g/mol. The normalized spacial score (nSPS) is 14.6. The topological polar surface area (TPSA) is 79.8 Å². The molecule has 1 aliphatic heterocycles. The van der Waals surface area contributed by atoms with Crippen molar-refractivity contribution in [3.05, 3.63) is 47.0 Å². The fourth-order valence-electron chi connectivity index (χ4n) is 3.88. The highest BCUT2D eigenvalue weighted by molar-refractivity contribution is 7.91. The number of benzene rings is 2. The molecule has 176 valence electrons. The summed E-state index contributed by atoms with van der Waals surface area (Å²) in [5.74, 6) is 0.691. The van der Waals surface area contributed by atoms with E-state index in [4.69, 9.17) is 21.3 Å². The van der Waals surface area contributed by atoms with E-state index < -0.39 is 9.84 Å². The maximum atomic E-state index is 12.6. The maximum absolute atomic E-state index is 12.6. The van der Waals surface area contributed by atoms with Crippen molar-refractivity contribution in [2.24, 2.45) is 0 Å². The summed E-state index contributed by atoms with van der Waals surface area (Å²) in [6.07, 6.45) is 0.505. The van der Waals surface area contributed by atoms with Crippen molar-refractivity contribution in [1.29, 1.82) is 0 Å². The predicted molar refractivity (Wildman–Crippen MR) is 132 cm³/mol. The van der Waals surface area contributed by atoms with E-state index in [9.17, 15) is 13.2 Å². The first-order chi connectivity index (χ1) is 15.8. The van der Waals surface area contributed by atoms with Crippen molar-refractivity contribution >= 4 is 54.0 Å². The lowest BCUT2D eigenvalue weighted by Gasteiger charge is -2.34. The number of aromatic nitrogens is 1. The molecule has 7 nitrogen and oxygen atoms in total. The number of anilines is 1. The largest absolute Gasteiger partial charge is 0.494 e. The van der Waals surface area contributed by atoms with Gasteiger partial charge in [-0.3, -0.25) is 4.79 Å². The molecule has 0 atom stereocenters. The smallest absolute Gasteiger partial charge is 0.222 e. The first-order valence-corrected chi connectivity index (χ1v) is 13.6. The first-order valence-electron chi connectivity index (χ1n) is 10.7. The van der Waals surface area contributed by atoms with E-state index >= 15 is 0 Å². The molecule has 1 amide bonds. The Morgan fingerprint density at radius 3 is 2.48 bits per heavy atom. The minimum absolute atomic E-state index is 0.0113. The number of nitrogens with zero attached hydrogens (tertiary/aromatic N) is 3. The van der Waals surface area contributed by atoms with E-state index in [1.807, 2.05) is 17.0 Å². The van der Waals surface area contributed by atoms with E-state index in [2.05, 4.69) is 11.8 Å². The summed E-state index contributed by atoms with van der Waals surface area (Å²) in [6, 6.07) is 10.1. The monoisotopic (exact) mass is 507 g/mol. The summed E-state index contributed by atoms with van der Waals surface area (Å²) >= 11 is 7.47. The van der Waals surface area contributed by atoms with Crippen LogP contribution in [0.25, 0.3) is 10.2 Å². The second kappa shape index (κ2) is 9.87. The number of amides is 1. The second-order valence-electron chi connectivity index (χ2n) is 8.00. The van der Waals surface area contributed by atoms with E-state index in [1.165, 1.54) is 12.1 Å². The number of piperazine rings is 1. The standard InChI is InChI=1S/C23H26ClN3O4S2/c1-16-5-10-19(31-2)21-22(16)32-23(25-21)27-13-11-26(12-14-27)20(28)4-3-15-33(29,30)18-8-6-17(24)7-9-18/h5-10H,3-4,11-15H2,1-2H3. The first kappa shape index (κ1) is 23.8. The molecular formula is C23H26ClN3O4S2. The minimum Gasteiger partial charge on any atom is -0.494 e. The molecule has 0 aliphatic carbocycles. The Morgan fingerprint density at radius 1 is 1.12 bits per heavy atom. The summed E-state index contributed by atoms with van der Waals surface area (Å²) in [7, 11) is -1.78. The average Bonchev–Trinajstić information content (AvgIpc) is 3.26. The van der Waals surface area contributed by atoms with Crippen LogP contribution in [-0.2, 0) is 14.6 Å². The molecular weight excluding hydrogens is 482 g/mol. The van der Waals surface area contributed by atoms with E-state index in [-0.39, 0.29) is 23.0 Å². The van der Waals surface area contributed by atoms with Crippen LogP contribution in [0.2, 0.25) is 5.02 Å². The van der Waals surface area contributed by atoms with Gasteiger partial charge in [0.05, 0.1) is 22.5 Å². The lowest BCUT2D eigenvalue weighted by molar-refractivity contribution is -0.131. The molecule has 33 heavy (non-hydrogen) atoms. The number of halogens is 1. The molecule has 0 saturated carbocycles. The third-order valence-electron chi connectivity index (χ3n) is 5.79. The molecule has 0 N–H and O–H groups in total. The van der Waals surface area contributed by atoms with Crippen LogP contribution in [0, 0.1) is 6.92 Å². The second-order valence-corrected chi connectivity index (χ2v) is 11.5. The highest BCUT2D eigenvalue weighted by Crippen LogP contribution is 2.36. The summed E-state index contributed by atoms with van der Waals surface area (Å²) in [5.41, 5.74) is 2.04. The highest BCUT2D eigenvalue weighted by Gasteiger charge is 2.24. The van der Waals surface area contributed by atoms with Crippen LogP contribution in [0.15, 0.2) is 41.3 Å². The molecule has 0 spiro atoms. The fraction of sp³-hybridized carbons (Fsp3) is 0.391. The van der Waals surface area contributed by atoms with Gasteiger partial charge in [0.2, 0.25) is 5.91 Å². The zero-order valence-electron chi connectivity index (χ0n) is 18.6. The van der Waals surface area contributed by atoms with Gasteiger partial charge in [0.25, 0.3) is 0 Å². The number of sulfone groups is 1. The number of methoxy groups -OCH3 is 1. The van der Waals surface area contributed by atoms with Gasteiger partial charge < -0.3 is 14.5 Å². The molecule has 10 heteroatoms. The van der Waals surface area contributed by atoms with Crippen molar-refractivity contribution in [3.63, 3.8) is 0 Å². The van der Waals surface area contributed by atoms with Gasteiger partial charge in [0.15, 0.2) is 15.0 Å². The third-order valence-corrected chi connectivity index (χ3v) is 9.11. The van der Waals surface area contributed by atoms with Crippen LogP contribution in [0.4, 0.5) is 5.13 Å².